The molecule has 0 spiro atoms. The van der Waals surface area contributed by atoms with Gasteiger partial charge in [-0.15, -0.1) is 5.10 Å². The zero-order valence-corrected chi connectivity index (χ0v) is 16.8. The van der Waals surface area contributed by atoms with E-state index in [4.69, 9.17) is 9.47 Å². The molecule has 0 aliphatic carbocycles. The standard InChI is InChI=1S/C20H23N7O3/c1-29-15-5-2-4-14(12-15)27-19-17(23-24-27)18(21-13-22-19)25-7-9-26(10-8-25)20(28)16-6-3-11-30-16/h2,4-5,12-13,16H,3,6-11H2,1H3/t16-/m0/s1. The van der Waals surface area contributed by atoms with Crippen LogP contribution in [0.5, 0.6) is 5.75 Å². The van der Waals surface area contributed by atoms with E-state index in [2.05, 4.69) is 25.2 Å². The van der Waals surface area contributed by atoms with Gasteiger partial charge in [-0.3, -0.25) is 4.79 Å². The first-order chi connectivity index (χ1) is 14.7. The van der Waals surface area contributed by atoms with Crippen LogP contribution in [0.3, 0.4) is 0 Å². The average molecular weight is 409 g/mol. The van der Waals surface area contributed by atoms with Crippen molar-refractivity contribution in [1.82, 2.24) is 29.9 Å². The third kappa shape index (κ3) is 3.32. The maximum atomic E-state index is 12.6. The summed E-state index contributed by atoms with van der Waals surface area (Å²) in [6.45, 7) is 3.30. The Balaban J connectivity index is 1.37. The van der Waals surface area contributed by atoms with Gasteiger partial charge in [0.2, 0.25) is 0 Å². The Morgan fingerprint density at radius 3 is 2.83 bits per heavy atom. The Kier molecular flexibility index (Phi) is 4.91. The van der Waals surface area contributed by atoms with E-state index in [9.17, 15) is 4.79 Å². The van der Waals surface area contributed by atoms with Gasteiger partial charge in [-0.05, 0) is 25.0 Å². The number of ether oxygens (including phenoxy) is 2. The van der Waals surface area contributed by atoms with Crippen molar-refractivity contribution in [3.8, 4) is 11.4 Å². The number of aromatic nitrogens is 5. The van der Waals surface area contributed by atoms with E-state index in [0.717, 1.165) is 30.1 Å². The molecule has 0 saturated carbocycles. The third-order valence-corrected chi connectivity index (χ3v) is 5.61. The number of anilines is 1. The highest BCUT2D eigenvalue weighted by molar-refractivity contribution is 5.84. The molecule has 2 aromatic heterocycles. The highest BCUT2D eigenvalue weighted by Gasteiger charge is 2.31. The molecular weight excluding hydrogens is 386 g/mol. The van der Waals surface area contributed by atoms with Crippen molar-refractivity contribution < 1.29 is 14.3 Å². The van der Waals surface area contributed by atoms with E-state index in [-0.39, 0.29) is 12.0 Å². The molecule has 3 aromatic rings. The first kappa shape index (κ1) is 18.7. The van der Waals surface area contributed by atoms with Gasteiger partial charge in [0.05, 0.1) is 12.8 Å². The summed E-state index contributed by atoms with van der Waals surface area (Å²) >= 11 is 0. The maximum Gasteiger partial charge on any atom is 0.251 e. The quantitative estimate of drug-likeness (QED) is 0.631. The summed E-state index contributed by atoms with van der Waals surface area (Å²) in [4.78, 5) is 25.5. The van der Waals surface area contributed by atoms with Gasteiger partial charge in [-0.25, -0.2) is 9.97 Å². The minimum absolute atomic E-state index is 0.101. The molecule has 4 heterocycles. The Hall–Kier alpha value is -3.27. The van der Waals surface area contributed by atoms with E-state index in [1.807, 2.05) is 29.2 Å². The number of amides is 1. The topological polar surface area (TPSA) is 98.5 Å². The lowest BCUT2D eigenvalue weighted by Gasteiger charge is -2.36. The van der Waals surface area contributed by atoms with Crippen molar-refractivity contribution in [2.24, 2.45) is 0 Å². The number of carbonyl (C=O) groups is 1. The fourth-order valence-electron chi connectivity index (χ4n) is 4.00. The van der Waals surface area contributed by atoms with E-state index in [0.29, 0.717) is 43.9 Å². The number of hydrogen-bond acceptors (Lipinski definition) is 8. The molecule has 2 fully saturated rings. The zero-order valence-electron chi connectivity index (χ0n) is 16.8. The van der Waals surface area contributed by atoms with Crippen molar-refractivity contribution >= 4 is 22.9 Å². The largest absolute Gasteiger partial charge is 0.497 e. The minimum Gasteiger partial charge on any atom is -0.497 e. The predicted octanol–water partition coefficient (Wildman–Crippen LogP) is 1.05. The van der Waals surface area contributed by atoms with Crippen molar-refractivity contribution in [1.29, 1.82) is 0 Å². The second kappa shape index (κ2) is 7.86. The third-order valence-electron chi connectivity index (χ3n) is 5.61. The van der Waals surface area contributed by atoms with E-state index < -0.39 is 0 Å². The van der Waals surface area contributed by atoms with Crippen molar-refractivity contribution in [3.63, 3.8) is 0 Å². The van der Waals surface area contributed by atoms with Gasteiger partial charge < -0.3 is 19.3 Å². The fourth-order valence-corrected chi connectivity index (χ4v) is 4.00. The first-order valence-electron chi connectivity index (χ1n) is 10.1. The molecule has 5 rings (SSSR count). The van der Waals surface area contributed by atoms with Gasteiger partial charge in [0.1, 0.15) is 18.2 Å². The molecule has 10 nitrogen and oxygen atoms in total. The van der Waals surface area contributed by atoms with Crippen LogP contribution in [0.4, 0.5) is 5.82 Å². The fraction of sp³-hybridized carbons (Fsp3) is 0.450. The molecule has 10 heteroatoms. The van der Waals surface area contributed by atoms with Crippen molar-refractivity contribution in [3.05, 3.63) is 30.6 Å². The molecule has 2 aliphatic heterocycles. The van der Waals surface area contributed by atoms with Gasteiger partial charge in [-0.2, -0.15) is 4.68 Å². The molecule has 156 valence electrons. The van der Waals surface area contributed by atoms with Gasteiger partial charge in [0.15, 0.2) is 17.0 Å². The van der Waals surface area contributed by atoms with Gasteiger partial charge in [-0.1, -0.05) is 11.3 Å². The number of benzene rings is 1. The Bertz CT molecular complexity index is 1060. The van der Waals surface area contributed by atoms with Crippen LogP contribution in [0.1, 0.15) is 12.8 Å². The van der Waals surface area contributed by atoms with Crippen LogP contribution >= 0.6 is 0 Å². The lowest BCUT2D eigenvalue weighted by atomic mass is 10.2. The molecule has 1 aromatic carbocycles. The number of carbonyl (C=O) groups excluding carboxylic acids is 1. The van der Waals surface area contributed by atoms with Crippen LogP contribution in [0.25, 0.3) is 16.9 Å². The van der Waals surface area contributed by atoms with Crippen LogP contribution in [-0.4, -0.2) is 81.8 Å². The molecule has 30 heavy (non-hydrogen) atoms. The highest BCUT2D eigenvalue weighted by atomic mass is 16.5. The van der Waals surface area contributed by atoms with Gasteiger partial charge >= 0.3 is 0 Å². The molecular formula is C20H23N7O3. The molecule has 2 aliphatic rings. The number of piperazine rings is 1. The summed E-state index contributed by atoms with van der Waals surface area (Å²) in [6, 6.07) is 7.58. The minimum atomic E-state index is -0.273. The predicted molar refractivity (Wildman–Crippen MR) is 109 cm³/mol. The molecule has 1 amide bonds. The second-order valence-electron chi connectivity index (χ2n) is 7.39. The first-order valence-corrected chi connectivity index (χ1v) is 10.1. The zero-order chi connectivity index (χ0) is 20.5. The molecule has 0 bridgehead atoms. The summed E-state index contributed by atoms with van der Waals surface area (Å²) in [6.07, 6.45) is 3.03. The smallest absolute Gasteiger partial charge is 0.251 e. The van der Waals surface area contributed by atoms with Crippen LogP contribution in [-0.2, 0) is 9.53 Å². The van der Waals surface area contributed by atoms with Crippen LogP contribution in [0.15, 0.2) is 30.6 Å². The monoisotopic (exact) mass is 409 g/mol. The normalized spacial score (nSPS) is 19.4. The van der Waals surface area contributed by atoms with Crippen LogP contribution < -0.4 is 9.64 Å². The Morgan fingerprint density at radius 1 is 1.20 bits per heavy atom. The summed E-state index contributed by atoms with van der Waals surface area (Å²) in [5.74, 6) is 1.57. The number of fused-ring (bicyclic) bond motifs is 1. The van der Waals surface area contributed by atoms with E-state index in [1.54, 1.807) is 11.8 Å². The highest BCUT2D eigenvalue weighted by Crippen LogP contribution is 2.25. The van der Waals surface area contributed by atoms with Crippen LogP contribution in [0, 0.1) is 0 Å². The van der Waals surface area contributed by atoms with Crippen molar-refractivity contribution in [2.45, 2.75) is 18.9 Å². The van der Waals surface area contributed by atoms with Crippen molar-refractivity contribution in [2.75, 3.05) is 44.8 Å². The van der Waals surface area contributed by atoms with Gasteiger partial charge in [0, 0.05) is 38.9 Å². The summed E-state index contributed by atoms with van der Waals surface area (Å²) in [5.41, 5.74) is 2.08. The number of hydrogen-bond donors (Lipinski definition) is 0. The maximum absolute atomic E-state index is 12.6. The molecule has 0 N–H and O–H groups in total. The Labute approximate surface area is 173 Å². The Morgan fingerprint density at radius 2 is 2.07 bits per heavy atom. The SMILES string of the molecule is COc1cccc(-n2nnc3c(N4CCN(C(=O)[C@@H]5CCCO5)CC4)ncnc32)c1. The number of nitrogens with zero attached hydrogens (tertiary/aromatic N) is 7. The lowest BCUT2D eigenvalue weighted by Crippen LogP contribution is -2.51. The van der Waals surface area contributed by atoms with E-state index in [1.165, 1.54) is 6.33 Å². The molecule has 0 radical (unpaired) electrons. The van der Waals surface area contributed by atoms with E-state index >= 15 is 0 Å². The summed E-state index contributed by atoms with van der Waals surface area (Å²) < 4.78 is 12.5. The number of methoxy groups -OCH3 is 1. The lowest BCUT2D eigenvalue weighted by molar-refractivity contribution is -0.141. The second-order valence-corrected chi connectivity index (χ2v) is 7.39. The average Bonchev–Trinajstić information content (AvgIpc) is 3.49. The van der Waals surface area contributed by atoms with Gasteiger partial charge in [0.25, 0.3) is 5.91 Å². The van der Waals surface area contributed by atoms with Crippen LogP contribution in [0.2, 0.25) is 0 Å². The molecule has 1 atom stereocenters. The molecule has 0 unspecified atom stereocenters. The summed E-state index contributed by atoms with van der Waals surface area (Å²) in [5, 5.41) is 8.64. The summed E-state index contributed by atoms with van der Waals surface area (Å²) in [7, 11) is 1.63. The number of rotatable bonds is 4. The molecule has 2 saturated heterocycles.